The minimum Gasteiger partial charge on any atom is -0.317 e. The summed E-state index contributed by atoms with van der Waals surface area (Å²) in [4.78, 5) is 9.21. The first-order chi connectivity index (χ1) is 9.24. The van der Waals surface area contributed by atoms with E-state index in [0.717, 1.165) is 43.9 Å². The van der Waals surface area contributed by atoms with Crippen LogP contribution in [0.5, 0.6) is 0 Å². The first-order valence-electron chi connectivity index (χ1n) is 6.52. The van der Waals surface area contributed by atoms with E-state index in [0.29, 0.717) is 16.0 Å². The minimum absolute atomic E-state index is 0.549. The fourth-order valence-electron chi connectivity index (χ4n) is 2.53. The van der Waals surface area contributed by atoms with Crippen molar-refractivity contribution in [1.82, 2.24) is 5.32 Å². The second kappa shape index (κ2) is 5.61. The maximum Gasteiger partial charge on any atom is 0.154 e. The van der Waals surface area contributed by atoms with Crippen LogP contribution in [0.1, 0.15) is 18.4 Å². The fourth-order valence-corrected chi connectivity index (χ4v) is 2.83. The van der Waals surface area contributed by atoms with Crippen LogP contribution in [0.25, 0.3) is 0 Å². The number of aliphatic imine (C=N–C) groups is 2. The molecule has 0 saturated carbocycles. The van der Waals surface area contributed by atoms with E-state index in [1.165, 1.54) is 5.71 Å². The van der Waals surface area contributed by atoms with Gasteiger partial charge in [0.1, 0.15) is 0 Å². The molecule has 0 spiro atoms. The number of piperidine rings is 1. The number of halogens is 2. The molecule has 2 heterocycles. The predicted molar refractivity (Wildman–Crippen MR) is 80.9 cm³/mol. The van der Waals surface area contributed by atoms with Crippen molar-refractivity contribution in [1.29, 1.82) is 0 Å². The van der Waals surface area contributed by atoms with Gasteiger partial charge in [0.2, 0.25) is 0 Å². The summed E-state index contributed by atoms with van der Waals surface area (Å²) >= 11 is 12.0. The minimum atomic E-state index is 0.549. The topological polar surface area (TPSA) is 36.8 Å². The van der Waals surface area contributed by atoms with Gasteiger partial charge in [0.25, 0.3) is 0 Å². The van der Waals surface area contributed by atoms with Gasteiger partial charge in [0.15, 0.2) is 5.84 Å². The summed E-state index contributed by atoms with van der Waals surface area (Å²) in [5.74, 6) is 1.36. The summed E-state index contributed by atoms with van der Waals surface area (Å²) in [7, 11) is 0. The Bertz CT molecular complexity index is 546. The highest BCUT2D eigenvalue weighted by Crippen LogP contribution is 2.25. The molecule has 0 aliphatic carbocycles. The molecule has 19 heavy (non-hydrogen) atoms. The van der Waals surface area contributed by atoms with Crippen LogP contribution >= 0.6 is 23.2 Å². The molecule has 0 unspecified atom stereocenters. The van der Waals surface area contributed by atoms with E-state index in [1.807, 2.05) is 12.1 Å². The summed E-state index contributed by atoms with van der Waals surface area (Å²) < 4.78 is 0. The second-order valence-corrected chi connectivity index (χ2v) is 5.71. The summed E-state index contributed by atoms with van der Waals surface area (Å²) in [6, 6.07) is 5.54. The smallest absolute Gasteiger partial charge is 0.154 e. The molecule has 5 heteroatoms. The summed E-state index contributed by atoms with van der Waals surface area (Å²) in [5.41, 5.74) is 2.15. The quantitative estimate of drug-likeness (QED) is 0.894. The van der Waals surface area contributed by atoms with Crippen molar-refractivity contribution in [3.8, 4) is 0 Å². The van der Waals surface area contributed by atoms with E-state index in [4.69, 9.17) is 23.2 Å². The Balaban J connectivity index is 1.79. The van der Waals surface area contributed by atoms with Crippen LogP contribution in [-0.4, -0.2) is 31.2 Å². The van der Waals surface area contributed by atoms with Gasteiger partial charge in [-0.15, -0.1) is 0 Å². The van der Waals surface area contributed by atoms with Crippen molar-refractivity contribution in [2.24, 2.45) is 15.9 Å². The highest BCUT2D eigenvalue weighted by atomic mass is 35.5. The summed E-state index contributed by atoms with van der Waals surface area (Å²) in [6.45, 7) is 2.87. The molecule has 0 bridgehead atoms. The molecule has 3 rings (SSSR count). The average Bonchev–Trinajstić information content (AvgIpc) is 2.93. The molecule has 2 aliphatic rings. The number of hydrogen-bond donors (Lipinski definition) is 1. The van der Waals surface area contributed by atoms with Crippen LogP contribution in [0.4, 0.5) is 0 Å². The molecule has 1 aromatic rings. The number of rotatable bonds is 2. The third-order valence-corrected chi connectivity index (χ3v) is 4.37. The predicted octanol–water partition coefficient (Wildman–Crippen LogP) is 3.19. The third kappa shape index (κ3) is 2.83. The van der Waals surface area contributed by atoms with Gasteiger partial charge in [-0.1, -0.05) is 23.2 Å². The van der Waals surface area contributed by atoms with Crippen LogP contribution in [0.3, 0.4) is 0 Å². The summed E-state index contributed by atoms with van der Waals surface area (Å²) in [6.07, 6.45) is 2.31. The van der Waals surface area contributed by atoms with Crippen molar-refractivity contribution in [2.75, 3.05) is 19.6 Å². The Morgan fingerprint density at radius 3 is 2.63 bits per heavy atom. The molecule has 0 radical (unpaired) electrons. The third-order valence-electron chi connectivity index (χ3n) is 3.63. The molecular weight excluding hydrogens is 281 g/mol. The van der Waals surface area contributed by atoms with Gasteiger partial charge in [0, 0.05) is 17.2 Å². The van der Waals surface area contributed by atoms with Crippen molar-refractivity contribution >= 4 is 34.7 Å². The van der Waals surface area contributed by atoms with E-state index in [1.54, 1.807) is 6.07 Å². The monoisotopic (exact) mass is 295 g/mol. The molecule has 1 saturated heterocycles. The lowest BCUT2D eigenvalue weighted by Gasteiger charge is -2.22. The van der Waals surface area contributed by atoms with Crippen molar-refractivity contribution < 1.29 is 0 Å². The van der Waals surface area contributed by atoms with Crippen molar-refractivity contribution in [3.05, 3.63) is 33.8 Å². The Morgan fingerprint density at radius 1 is 1.11 bits per heavy atom. The van der Waals surface area contributed by atoms with Crippen LogP contribution < -0.4 is 5.32 Å². The van der Waals surface area contributed by atoms with Gasteiger partial charge < -0.3 is 5.32 Å². The molecule has 2 aliphatic heterocycles. The van der Waals surface area contributed by atoms with Gasteiger partial charge in [-0.2, -0.15) is 0 Å². The normalized spacial score (nSPS) is 20.3. The van der Waals surface area contributed by atoms with Gasteiger partial charge in [-0.05, 0) is 44.1 Å². The molecule has 1 N–H and O–H groups in total. The number of nitrogens with zero attached hydrogens (tertiary/aromatic N) is 2. The van der Waals surface area contributed by atoms with Crippen LogP contribution in [0.2, 0.25) is 10.0 Å². The van der Waals surface area contributed by atoms with Crippen LogP contribution in [0.15, 0.2) is 28.2 Å². The lowest BCUT2D eigenvalue weighted by atomic mass is 9.93. The van der Waals surface area contributed by atoms with Crippen LogP contribution in [0, 0.1) is 5.92 Å². The largest absolute Gasteiger partial charge is 0.317 e. The zero-order valence-electron chi connectivity index (χ0n) is 10.5. The highest BCUT2D eigenvalue weighted by molar-refractivity contribution is 6.42. The summed E-state index contributed by atoms with van der Waals surface area (Å²) in [5, 5.41) is 4.48. The van der Waals surface area contributed by atoms with E-state index in [2.05, 4.69) is 15.3 Å². The molecule has 3 nitrogen and oxygen atoms in total. The van der Waals surface area contributed by atoms with Crippen LogP contribution in [-0.2, 0) is 0 Å². The number of hydrogen-bond acceptors (Lipinski definition) is 3. The average molecular weight is 296 g/mol. The molecule has 0 atom stereocenters. The van der Waals surface area contributed by atoms with Gasteiger partial charge in [-0.25, -0.2) is 4.99 Å². The van der Waals surface area contributed by atoms with E-state index < -0.39 is 0 Å². The maximum absolute atomic E-state index is 6.03. The molecule has 1 fully saturated rings. The standard InChI is InChI=1S/C14H15Cl2N3/c15-11-2-1-10(7-12(11)16)14-18-8-13(19-14)9-3-5-17-6-4-9/h1-2,7,9,17H,3-6,8H2. The molecule has 1 aromatic carbocycles. The first kappa shape index (κ1) is 13.1. The van der Waals surface area contributed by atoms with E-state index in [9.17, 15) is 0 Å². The van der Waals surface area contributed by atoms with E-state index >= 15 is 0 Å². The highest BCUT2D eigenvalue weighted by Gasteiger charge is 2.22. The second-order valence-electron chi connectivity index (χ2n) is 4.90. The first-order valence-corrected chi connectivity index (χ1v) is 7.27. The number of amidine groups is 1. The number of benzene rings is 1. The molecule has 0 aromatic heterocycles. The Kier molecular flexibility index (Phi) is 3.87. The lowest BCUT2D eigenvalue weighted by Crippen LogP contribution is -2.32. The molecular formula is C14H15Cl2N3. The van der Waals surface area contributed by atoms with Gasteiger partial charge in [0.05, 0.1) is 16.6 Å². The SMILES string of the molecule is Clc1ccc(C2=NCC(C3CCNCC3)=N2)cc1Cl. The Morgan fingerprint density at radius 2 is 1.89 bits per heavy atom. The molecule has 100 valence electrons. The molecule has 0 amide bonds. The van der Waals surface area contributed by atoms with Gasteiger partial charge >= 0.3 is 0 Å². The zero-order chi connectivity index (χ0) is 13.2. The zero-order valence-corrected chi connectivity index (χ0v) is 12.0. The number of nitrogens with one attached hydrogen (secondary N) is 1. The van der Waals surface area contributed by atoms with Crippen molar-refractivity contribution in [2.45, 2.75) is 12.8 Å². The Labute approximate surface area is 122 Å². The van der Waals surface area contributed by atoms with Gasteiger partial charge in [-0.3, -0.25) is 4.99 Å². The Hall–Kier alpha value is -0.900. The fraction of sp³-hybridized carbons (Fsp3) is 0.429. The lowest BCUT2D eigenvalue weighted by molar-refractivity contribution is 0.455. The van der Waals surface area contributed by atoms with Crippen molar-refractivity contribution in [3.63, 3.8) is 0 Å². The van der Waals surface area contributed by atoms with E-state index in [-0.39, 0.29) is 0 Å². The maximum atomic E-state index is 6.03.